The predicted octanol–water partition coefficient (Wildman–Crippen LogP) is 1.99. The van der Waals surface area contributed by atoms with E-state index in [2.05, 4.69) is 10.1 Å². The molecule has 0 fully saturated rings. The van der Waals surface area contributed by atoms with Crippen LogP contribution in [0.15, 0.2) is 22.7 Å². The number of hydrogen-bond acceptors (Lipinski definition) is 6. The molecule has 1 unspecified atom stereocenters. The maximum Gasteiger partial charge on any atom is 0.264 e. The molecule has 1 heterocycles. The quantitative estimate of drug-likeness (QED) is 0.888. The van der Waals surface area contributed by atoms with Crippen molar-refractivity contribution in [3.05, 3.63) is 35.5 Å². The zero-order valence-electron chi connectivity index (χ0n) is 11.2. The van der Waals surface area contributed by atoms with Crippen LogP contribution in [0, 0.1) is 6.92 Å². The fourth-order valence-electron chi connectivity index (χ4n) is 1.68. The van der Waals surface area contributed by atoms with E-state index in [0.29, 0.717) is 23.2 Å². The number of hydrogen-bond donors (Lipinski definition) is 1. The minimum absolute atomic E-state index is 0.134. The Kier molecular flexibility index (Phi) is 4.01. The van der Waals surface area contributed by atoms with Gasteiger partial charge in [0, 0.05) is 17.7 Å². The molecule has 2 N–H and O–H groups in total. The summed E-state index contributed by atoms with van der Waals surface area (Å²) in [5.74, 6) is 2.37. The van der Waals surface area contributed by atoms with Crippen LogP contribution in [0.4, 0.5) is 0 Å². The third-order valence-corrected chi connectivity index (χ3v) is 2.63. The minimum Gasteiger partial charge on any atom is -0.497 e. The van der Waals surface area contributed by atoms with E-state index >= 15 is 0 Å². The second kappa shape index (κ2) is 5.71. The Balaban J connectivity index is 2.17. The van der Waals surface area contributed by atoms with E-state index in [1.165, 1.54) is 0 Å². The SMILES string of the molecule is COc1ccc(C(C)N)c(OCc2nc(C)no2)c1. The molecule has 6 heteroatoms. The second-order valence-corrected chi connectivity index (χ2v) is 4.22. The van der Waals surface area contributed by atoms with Gasteiger partial charge in [0.15, 0.2) is 12.4 Å². The Morgan fingerprint density at radius 2 is 2.21 bits per heavy atom. The molecule has 2 rings (SSSR count). The molecule has 0 aliphatic carbocycles. The topological polar surface area (TPSA) is 83.4 Å². The van der Waals surface area contributed by atoms with Gasteiger partial charge in [-0.3, -0.25) is 0 Å². The average molecular weight is 263 g/mol. The molecule has 19 heavy (non-hydrogen) atoms. The number of methoxy groups -OCH3 is 1. The average Bonchev–Trinajstić information content (AvgIpc) is 2.81. The van der Waals surface area contributed by atoms with E-state index in [9.17, 15) is 0 Å². The van der Waals surface area contributed by atoms with Gasteiger partial charge in [-0.05, 0) is 19.9 Å². The van der Waals surface area contributed by atoms with Crippen molar-refractivity contribution in [2.45, 2.75) is 26.5 Å². The van der Waals surface area contributed by atoms with Crippen LogP contribution in [0.2, 0.25) is 0 Å². The molecular weight excluding hydrogens is 246 g/mol. The highest BCUT2D eigenvalue weighted by atomic mass is 16.5. The van der Waals surface area contributed by atoms with Gasteiger partial charge in [-0.25, -0.2) is 0 Å². The summed E-state index contributed by atoms with van der Waals surface area (Å²) in [5.41, 5.74) is 6.81. The zero-order valence-corrected chi connectivity index (χ0v) is 11.2. The van der Waals surface area contributed by atoms with Crippen molar-refractivity contribution in [1.29, 1.82) is 0 Å². The molecule has 0 aliphatic rings. The third kappa shape index (κ3) is 3.23. The van der Waals surface area contributed by atoms with Crippen molar-refractivity contribution in [1.82, 2.24) is 10.1 Å². The van der Waals surface area contributed by atoms with Gasteiger partial charge in [0.2, 0.25) is 0 Å². The summed E-state index contributed by atoms with van der Waals surface area (Å²) in [6.07, 6.45) is 0. The molecule has 102 valence electrons. The lowest BCUT2D eigenvalue weighted by Crippen LogP contribution is -2.08. The van der Waals surface area contributed by atoms with Crippen molar-refractivity contribution in [2.24, 2.45) is 5.73 Å². The molecule has 0 saturated heterocycles. The van der Waals surface area contributed by atoms with Crippen LogP contribution in [0.3, 0.4) is 0 Å². The lowest BCUT2D eigenvalue weighted by Gasteiger charge is -2.14. The first kappa shape index (κ1) is 13.4. The molecule has 0 saturated carbocycles. The van der Waals surface area contributed by atoms with Crippen molar-refractivity contribution >= 4 is 0 Å². The Hall–Kier alpha value is -2.08. The molecule has 0 radical (unpaired) electrons. The van der Waals surface area contributed by atoms with E-state index in [-0.39, 0.29) is 12.6 Å². The van der Waals surface area contributed by atoms with Crippen molar-refractivity contribution in [3.8, 4) is 11.5 Å². The number of nitrogens with two attached hydrogens (primary N) is 1. The van der Waals surface area contributed by atoms with Gasteiger partial charge >= 0.3 is 0 Å². The number of aryl methyl sites for hydroxylation is 1. The van der Waals surface area contributed by atoms with Gasteiger partial charge in [-0.15, -0.1) is 0 Å². The van der Waals surface area contributed by atoms with Gasteiger partial charge < -0.3 is 19.7 Å². The summed E-state index contributed by atoms with van der Waals surface area (Å²) in [5, 5.41) is 3.70. The smallest absolute Gasteiger partial charge is 0.264 e. The highest BCUT2D eigenvalue weighted by Crippen LogP contribution is 2.29. The van der Waals surface area contributed by atoms with Crippen molar-refractivity contribution in [2.75, 3.05) is 7.11 Å². The largest absolute Gasteiger partial charge is 0.497 e. The summed E-state index contributed by atoms with van der Waals surface area (Å²) < 4.78 is 15.9. The molecule has 0 spiro atoms. The zero-order chi connectivity index (χ0) is 13.8. The number of aromatic nitrogens is 2. The van der Waals surface area contributed by atoms with Crippen LogP contribution in [0.5, 0.6) is 11.5 Å². The van der Waals surface area contributed by atoms with E-state index < -0.39 is 0 Å². The molecule has 0 amide bonds. The van der Waals surface area contributed by atoms with E-state index in [1.807, 2.05) is 19.1 Å². The summed E-state index contributed by atoms with van der Waals surface area (Å²) in [6.45, 7) is 3.85. The lowest BCUT2D eigenvalue weighted by molar-refractivity contribution is 0.239. The highest BCUT2D eigenvalue weighted by molar-refractivity contribution is 5.42. The van der Waals surface area contributed by atoms with Gasteiger partial charge in [0.1, 0.15) is 11.5 Å². The molecule has 2 aromatic rings. The van der Waals surface area contributed by atoms with E-state index in [1.54, 1.807) is 20.1 Å². The van der Waals surface area contributed by atoms with Gasteiger partial charge in [-0.2, -0.15) is 4.98 Å². The van der Waals surface area contributed by atoms with Gasteiger partial charge in [-0.1, -0.05) is 11.2 Å². The molecular formula is C13H17N3O3. The second-order valence-electron chi connectivity index (χ2n) is 4.22. The lowest BCUT2D eigenvalue weighted by atomic mass is 10.1. The maximum atomic E-state index is 5.91. The number of nitrogens with zero attached hydrogens (tertiary/aromatic N) is 2. The predicted molar refractivity (Wildman–Crippen MR) is 69.0 cm³/mol. The van der Waals surface area contributed by atoms with E-state index in [4.69, 9.17) is 19.7 Å². The monoisotopic (exact) mass is 263 g/mol. The maximum absolute atomic E-state index is 5.91. The summed E-state index contributed by atoms with van der Waals surface area (Å²) in [4.78, 5) is 4.08. The van der Waals surface area contributed by atoms with Crippen LogP contribution in [0.1, 0.15) is 30.2 Å². The minimum atomic E-state index is -0.134. The van der Waals surface area contributed by atoms with Gasteiger partial charge in [0.05, 0.1) is 7.11 Å². The van der Waals surface area contributed by atoms with Crippen LogP contribution in [0.25, 0.3) is 0 Å². The highest BCUT2D eigenvalue weighted by Gasteiger charge is 2.11. The number of benzene rings is 1. The summed E-state index contributed by atoms with van der Waals surface area (Å²) in [6, 6.07) is 5.40. The molecule has 1 atom stereocenters. The van der Waals surface area contributed by atoms with E-state index in [0.717, 1.165) is 5.56 Å². The number of rotatable bonds is 5. The fourth-order valence-corrected chi connectivity index (χ4v) is 1.68. The first-order valence-corrected chi connectivity index (χ1v) is 5.95. The Morgan fingerprint density at radius 1 is 1.42 bits per heavy atom. The van der Waals surface area contributed by atoms with Gasteiger partial charge in [0.25, 0.3) is 5.89 Å². The molecule has 0 aliphatic heterocycles. The summed E-state index contributed by atoms with van der Waals surface area (Å²) >= 11 is 0. The van der Waals surface area contributed by atoms with Crippen LogP contribution in [-0.4, -0.2) is 17.3 Å². The standard InChI is InChI=1S/C13H17N3O3/c1-8(14)11-5-4-10(17-3)6-12(11)18-7-13-15-9(2)16-19-13/h4-6,8H,7,14H2,1-3H3. The van der Waals surface area contributed by atoms with Crippen LogP contribution >= 0.6 is 0 Å². The first-order valence-electron chi connectivity index (χ1n) is 5.95. The normalized spacial score (nSPS) is 12.2. The Labute approximate surface area is 111 Å². The molecule has 6 nitrogen and oxygen atoms in total. The van der Waals surface area contributed by atoms with Crippen LogP contribution < -0.4 is 15.2 Å². The molecule has 1 aromatic carbocycles. The number of ether oxygens (including phenoxy) is 2. The van der Waals surface area contributed by atoms with Crippen molar-refractivity contribution < 1.29 is 14.0 Å². The fraction of sp³-hybridized carbons (Fsp3) is 0.385. The Bertz CT molecular complexity index is 552. The Morgan fingerprint density at radius 3 is 2.79 bits per heavy atom. The third-order valence-electron chi connectivity index (χ3n) is 2.63. The molecule has 0 bridgehead atoms. The summed E-state index contributed by atoms with van der Waals surface area (Å²) in [7, 11) is 1.60. The van der Waals surface area contributed by atoms with Crippen LogP contribution in [-0.2, 0) is 6.61 Å². The first-order chi connectivity index (χ1) is 9.10. The molecule has 1 aromatic heterocycles. The van der Waals surface area contributed by atoms with Crippen molar-refractivity contribution in [3.63, 3.8) is 0 Å².